The summed E-state index contributed by atoms with van der Waals surface area (Å²) in [5, 5.41) is 3.98. The van der Waals surface area contributed by atoms with Crippen LogP contribution in [-0.4, -0.2) is 74.5 Å². The van der Waals surface area contributed by atoms with Crippen molar-refractivity contribution >= 4 is 23.8 Å². The number of ether oxygens (including phenoxy) is 1. The Balaban J connectivity index is 1.13. The molecule has 49 heavy (non-hydrogen) atoms. The quantitative estimate of drug-likeness (QED) is 0.199. The zero-order valence-corrected chi connectivity index (χ0v) is 26.8. The van der Waals surface area contributed by atoms with E-state index in [1.165, 1.54) is 17.1 Å². The van der Waals surface area contributed by atoms with Gasteiger partial charge in [-0.25, -0.2) is 19.2 Å². The maximum Gasteiger partial charge on any atom is 0.408 e. The number of hydrazine groups is 1. The number of H-pyrrole nitrogens is 1. The number of imidazole rings is 1. The Labute approximate surface area is 283 Å². The summed E-state index contributed by atoms with van der Waals surface area (Å²) in [6.45, 7) is 0.485. The van der Waals surface area contributed by atoms with Crippen LogP contribution in [0.5, 0.6) is 0 Å². The van der Waals surface area contributed by atoms with Gasteiger partial charge in [-0.15, -0.1) is 0 Å². The van der Waals surface area contributed by atoms with E-state index >= 15 is 0 Å². The summed E-state index contributed by atoms with van der Waals surface area (Å²) >= 11 is 0. The van der Waals surface area contributed by atoms with Gasteiger partial charge < -0.3 is 19.9 Å². The fraction of sp³-hybridized carbons (Fsp3) is 0.306. The van der Waals surface area contributed by atoms with E-state index in [9.17, 15) is 23.6 Å². The van der Waals surface area contributed by atoms with E-state index in [-0.39, 0.29) is 50.7 Å². The zero-order chi connectivity index (χ0) is 34.2. The number of aryl methyl sites for hydroxylation is 1. The second-order valence-corrected chi connectivity index (χ2v) is 12.2. The van der Waals surface area contributed by atoms with Crippen molar-refractivity contribution in [3.63, 3.8) is 0 Å². The minimum absolute atomic E-state index is 0.00338. The number of nitrogens with one attached hydrogen (secondary N) is 3. The minimum atomic E-state index is -0.739. The van der Waals surface area contributed by atoms with E-state index in [1.54, 1.807) is 34.5 Å². The molecular formula is C36H38FN7O5. The molecule has 0 aliphatic carbocycles. The van der Waals surface area contributed by atoms with Crippen LogP contribution in [0.1, 0.15) is 28.8 Å². The Morgan fingerprint density at radius 3 is 2.33 bits per heavy atom. The topological polar surface area (TPSA) is 140 Å². The second kappa shape index (κ2) is 15.6. The molecule has 3 heterocycles. The Bertz CT molecular complexity index is 1720. The number of amides is 4. The Hall–Kier alpha value is -5.56. The van der Waals surface area contributed by atoms with Gasteiger partial charge in [-0.1, -0.05) is 72.8 Å². The number of likely N-dealkylation sites (tertiary alicyclic amines) is 1. The lowest BCUT2D eigenvalue weighted by molar-refractivity contribution is -0.141. The van der Waals surface area contributed by atoms with Crippen LogP contribution in [0.15, 0.2) is 97.5 Å². The predicted octanol–water partition coefficient (Wildman–Crippen LogP) is 3.38. The first kappa shape index (κ1) is 33.3. The van der Waals surface area contributed by atoms with Crippen LogP contribution in [0.2, 0.25) is 0 Å². The number of hydrogen-bond acceptors (Lipinski definition) is 7. The highest BCUT2D eigenvalue weighted by atomic mass is 19.1. The van der Waals surface area contributed by atoms with Crippen LogP contribution in [-0.2, 0) is 45.1 Å². The van der Waals surface area contributed by atoms with Crippen molar-refractivity contribution in [3.05, 3.63) is 126 Å². The molecule has 3 atom stereocenters. The van der Waals surface area contributed by atoms with Crippen LogP contribution in [0, 0.1) is 17.7 Å². The first-order chi connectivity index (χ1) is 23.8. The highest BCUT2D eigenvalue weighted by Gasteiger charge is 2.46. The van der Waals surface area contributed by atoms with Crippen molar-refractivity contribution in [1.82, 2.24) is 35.5 Å². The van der Waals surface area contributed by atoms with Gasteiger partial charge in [0.1, 0.15) is 12.4 Å². The largest absolute Gasteiger partial charge is 0.445 e. The predicted molar refractivity (Wildman–Crippen MR) is 176 cm³/mol. The summed E-state index contributed by atoms with van der Waals surface area (Å²) in [7, 11) is 0. The normalized spacial score (nSPS) is 19.3. The molecule has 12 nitrogen and oxygen atoms in total. The highest BCUT2D eigenvalue weighted by Crippen LogP contribution is 2.31. The Morgan fingerprint density at radius 2 is 1.63 bits per heavy atom. The molecule has 6 rings (SSSR count). The molecule has 0 saturated carbocycles. The summed E-state index contributed by atoms with van der Waals surface area (Å²) in [5.74, 6) is -2.72. The number of benzene rings is 3. The molecule has 0 radical (unpaired) electrons. The molecule has 4 amide bonds. The monoisotopic (exact) mass is 667 g/mol. The third-order valence-electron chi connectivity index (χ3n) is 8.91. The summed E-state index contributed by atoms with van der Waals surface area (Å²) in [6.07, 6.45) is 3.86. The number of hydrogen-bond donors (Lipinski definition) is 3. The minimum Gasteiger partial charge on any atom is -0.445 e. The maximum absolute atomic E-state index is 13.9. The van der Waals surface area contributed by atoms with Gasteiger partial charge in [0, 0.05) is 25.0 Å². The lowest BCUT2D eigenvalue weighted by Crippen LogP contribution is -2.48. The molecule has 1 aromatic heterocycles. The van der Waals surface area contributed by atoms with Gasteiger partial charge in [0.2, 0.25) is 11.8 Å². The molecule has 0 spiro atoms. The summed E-state index contributed by atoms with van der Waals surface area (Å²) in [6, 6.07) is 24.0. The highest BCUT2D eigenvalue weighted by molar-refractivity contribution is 5.93. The van der Waals surface area contributed by atoms with E-state index in [0.717, 1.165) is 22.4 Å². The van der Waals surface area contributed by atoms with Gasteiger partial charge in [-0.3, -0.25) is 24.7 Å². The smallest absolute Gasteiger partial charge is 0.408 e. The average Bonchev–Trinajstić information content (AvgIpc) is 3.83. The second-order valence-electron chi connectivity index (χ2n) is 12.2. The fourth-order valence-corrected chi connectivity index (χ4v) is 6.28. The number of carbonyl (C=O) groups excluding carboxylic acids is 4. The maximum atomic E-state index is 13.9. The van der Waals surface area contributed by atoms with Crippen molar-refractivity contribution in [3.8, 4) is 0 Å². The van der Waals surface area contributed by atoms with Crippen molar-refractivity contribution in [2.24, 2.45) is 11.8 Å². The molecule has 4 aromatic rings. The molecule has 2 aliphatic heterocycles. The van der Waals surface area contributed by atoms with Crippen LogP contribution in [0.4, 0.5) is 9.18 Å². The molecule has 0 unspecified atom stereocenters. The number of alkyl carbamates (subject to hydrolysis) is 1. The van der Waals surface area contributed by atoms with E-state index in [0.29, 0.717) is 19.3 Å². The van der Waals surface area contributed by atoms with Gasteiger partial charge in [-0.2, -0.15) is 0 Å². The molecule has 3 aromatic carbocycles. The molecule has 2 fully saturated rings. The molecular weight excluding hydrogens is 629 g/mol. The summed E-state index contributed by atoms with van der Waals surface area (Å²) < 4.78 is 18.9. The van der Waals surface area contributed by atoms with Gasteiger partial charge in [-0.05, 0) is 48.1 Å². The SMILES string of the molecule is O=C(NCN1CN(NC(=O)[C@H]2CN(Cc3ccc(F)cc3)C(=O)[C@@H]2CCc2cnc[nH]2)C(=O)[C@H]1Cc1ccccc1)OCc1ccccc1. The lowest BCUT2D eigenvalue weighted by Gasteiger charge is -2.23. The van der Waals surface area contributed by atoms with Crippen molar-refractivity contribution in [2.45, 2.75) is 38.5 Å². The molecule has 3 N–H and O–H groups in total. The standard InChI is InChI=1S/C36H38FN7O5/c37-28-13-11-26(12-14-28)19-42-20-31(30(34(42)46)16-15-29-18-38-22-39-29)33(45)41-44-24-43(32(35(44)47)17-25-7-3-1-4-8-25)23-40-36(48)49-21-27-9-5-2-6-10-27/h1-14,18,22,30-32H,15-17,19-21,23-24H2,(H,38,39)(H,40,48)(H,41,45)/t30-,31+,32-/m1/s1. The van der Waals surface area contributed by atoms with E-state index in [2.05, 4.69) is 20.7 Å². The van der Waals surface area contributed by atoms with E-state index in [1.807, 2.05) is 60.7 Å². The lowest BCUT2D eigenvalue weighted by atomic mass is 9.90. The average molecular weight is 668 g/mol. The molecule has 2 saturated heterocycles. The molecule has 13 heteroatoms. The number of aromatic nitrogens is 2. The fourth-order valence-electron chi connectivity index (χ4n) is 6.28. The van der Waals surface area contributed by atoms with Gasteiger partial charge in [0.15, 0.2) is 0 Å². The zero-order valence-electron chi connectivity index (χ0n) is 26.8. The first-order valence-corrected chi connectivity index (χ1v) is 16.2. The van der Waals surface area contributed by atoms with Crippen molar-refractivity contribution in [2.75, 3.05) is 19.9 Å². The molecule has 254 valence electrons. The van der Waals surface area contributed by atoms with Crippen LogP contribution < -0.4 is 10.7 Å². The van der Waals surface area contributed by atoms with Crippen molar-refractivity contribution < 1.29 is 28.3 Å². The van der Waals surface area contributed by atoms with Crippen LogP contribution >= 0.6 is 0 Å². The van der Waals surface area contributed by atoms with Crippen LogP contribution in [0.3, 0.4) is 0 Å². The van der Waals surface area contributed by atoms with Gasteiger partial charge in [0.25, 0.3) is 5.91 Å². The third kappa shape index (κ3) is 8.49. The Kier molecular flexibility index (Phi) is 10.6. The van der Waals surface area contributed by atoms with Gasteiger partial charge in [0.05, 0.1) is 37.5 Å². The summed E-state index contributed by atoms with van der Waals surface area (Å²) in [4.78, 5) is 64.4. The first-order valence-electron chi connectivity index (χ1n) is 16.2. The van der Waals surface area contributed by atoms with Gasteiger partial charge >= 0.3 is 6.09 Å². The summed E-state index contributed by atoms with van der Waals surface area (Å²) in [5.41, 5.74) is 6.14. The number of nitrogens with zero attached hydrogens (tertiary/aromatic N) is 4. The third-order valence-corrected chi connectivity index (χ3v) is 8.91. The van der Waals surface area contributed by atoms with E-state index < -0.39 is 29.9 Å². The van der Waals surface area contributed by atoms with E-state index in [4.69, 9.17) is 4.74 Å². The molecule has 2 aliphatic rings. The Morgan fingerprint density at radius 1 is 0.918 bits per heavy atom. The van der Waals surface area contributed by atoms with Crippen molar-refractivity contribution in [1.29, 1.82) is 0 Å². The number of aromatic amines is 1. The number of halogens is 1. The van der Waals surface area contributed by atoms with Crippen LogP contribution in [0.25, 0.3) is 0 Å². The number of rotatable bonds is 13. The molecule has 0 bridgehead atoms. The number of carbonyl (C=O) groups is 4.